The van der Waals surface area contributed by atoms with Gasteiger partial charge < -0.3 is 18.4 Å². The van der Waals surface area contributed by atoms with Crippen LogP contribution in [0.5, 0.6) is 11.5 Å². The quantitative estimate of drug-likeness (QED) is 0.185. The summed E-state index contributed by atoms with van der Waals surface area (Å²) in [6.07, 6.45) is 0. The molecule has 242 valence electrons. The molecule has 12 rings (SSSR count). The van der Waals surface area contributed by atoms with Crippen molar-refractivity contribution in [2.45, 2.75) is 0 Å². The van der Waals surface area contributed by atoms with Crippen molar-refractivity contribution in [2.75, 3.05) is 0 Å². The number of hydrogen-bond acceptors (Lipinski definition) is 1. The highest BCUT2D eigenvalue weighted by molar-refractivity contribution is 6.14. The van der Waals surface area contributed by atoms with Crippen molar-refractivity contribution in [2.24, 2.45) is 0 Å². The minimum atomic E-state index is 0.882. The van der Waals surface area contributed by atoms with Crippen LogP contribution in [-0.2, 0) is 0 Å². The van der Waals surface area contributed by atoms with Crippen LogP contribution in [0.15, 0.2) is 176 Å². The number of rotatable bonds is 3. The van der Waals surface area contributed by atoms with E-state index in [9.17, 15) is 0 Å². The normalized spacial score (nSPS) is 12.4. The molecule has 0 spiro atoms. The lowest BCUT2D eigenvalue weighted by molar-refractivity contribution is 0.476. The van der Waals surface area contributed by atoms with Crippen molar-refractivity contribution >= 4 is 65.4 Å². The van der Waals surface area contributed by atoms with Crippen molar-refractivity contribution in [3.63, 3.8) is 0 Å². The van der Waals surface area contributed by atoms with Gasteiger partial charge in [0.2, 0.25) is 0 Å². The van der Waals surface area contributed by atoms with Gasteiger partial charge in [-0.2, -0.15) is 0 Å². The first kappa shape index (κ1) is 27.7. The molecule has 0 atom stereocenters. The van der Waals surface area contributed by atoms with E-state index in [2.05, 4.69) is 177 Å². The molecule has 1 aliphatic rings. The van der Waals surface area contributed by atoms with Crippen LogP contribution in [0.2, 0.25) is 0 Å². The summed E-state index contributed by atoms with van der Waals surface area (Å²) in [5.74, 6) is 1.78. The smallest absolute Gasteiger partial charge is 0.152 e. The molecule has 4 heteroatoms. The van der Waals surface area contributed by atoms with Gasteiger partial charge in [0, 0.05) is 43.7 Å². The molecule has 3 aromatic heterocycles. The fourth-order valence-corrected chi connectivity index (χ4v) is 8.78. The van der Waals surface area contributed by atoms with Gasteiger partial charge in [-0.05, 0) is 90.0 Å². The molecule has 0 aliphatic carbocycles. The van der Waals surface area contributed by atoms with Gasteiger partial charge in [0.1, 0.15) is 0 Å². The van der Waals surface area contributed by atoms with Gasteiger partial charge in [0.15, 0.2) is 11.5 Å². The molecular formula is C48H29N3O. The van der Waals surface area contributed by atoms with Crippen LogP contribution < -0.4 is 4.74 Å². The molecule has 0 amide bonds. The minimum absolute atomic E-state index is 0.882. The Morgan fingerprint density at radius 1 is 0.308 bits per heavy atom. The molecular weight excluding hydrogens is 635 g/mol. The summed E-state index contributed by atoms with van der Waals surface area (Å²) in [6, 6.07) is 63.6. The zero-order valence-electron chi connectivity index (χ0n) is 28.0. The Balaban J connectivity index is 0.991. The summed E-state index contributed by atoms with van der Waals surface area (Å²) in [7, 11) is 0. The molecule has 52 heavy (non-hydrogen) atoms. The van der Waals surface area contributed by atoms with Crippen LogP contribution in [0.25, 0.3) is 93.6 Å². The average Bonchev–Trinajstić information content (AvgIpc) is 3.84. The van der Waals surface area contributed by atoms with Crippen molar-refractivity contribution in [3.05, 3.63) is 176 Å². The first-order chi connectivity index (χ1) is 25.8. The molecule has 11 aromatic rings. The molecule has 1 aliphatic heterocycles. The highest BCUT2D eigenvalue weighted by Crippen LogP contribution is 2.46. The number of aromatic nitrogens is 3. The van der Waals surface area contributed by atoms with Crippen molar-refractivity contribution in [3.8, 4) is 39.7 Å². The predicted octanol–water partition coefficient (Wildman–Crippen LogP) is 12.8. The summed E-state index contributed by atoms with van der Waals surface area (Å²) < 4.78 is 13.5. The van der Waals surface area contributed by atoms with Crippen molar-refractivity contribution < 1.29 is 4.74 Å². The van der Waals surface area contributed by atoms with E-state index in [0.717, 1.165) is 34.1 Å². The van der Waals surface area contributed by atoms with E-state index >= 15 is 0 Å². The van der Waals surface area contributed by atoms with E-state index in [1.165, 1.54) is 71.0 Å². The minimum Gasteiger partial charge on any atom is -0.453 e. The van der Waals surface area contributed by atoms with Gasteiger partial charge >= 0.3 is 0 Å². The third-order valence-corrected chi connectivity index (χ3v) is 11.0. The largest absolute Gasteiger partial charge is 0.453 e. The van der Waals surface area contributed by atoms with E-state index in [-0.39, 0.29) is 0 Å². The van der Waals surface area contributed by atoms with Gasteiger partial charge in [0.25, 0.3) is 0 Å². The van der Waals surface area contributed by atoms with Gasteiger partial charge in [-0.15, -0.1) is 0 Å². The van der Waals surface area contributed by atoms with Gasteiger partial charge in [-0.1, -0.05) is 97.1 Å². The zero-order valence-corrected chi connectivity index (χ0v) is 28.0. The fourth-order valence-electron chi connectivity index (χ4n) is 8.78. The van der Waals surface area contributed by atoms with E-state index < -0.39 is 0 Å². The third kappa shape index (κ3) is 3.70. The first-order valence-electron chi connectivity index (χ1n) is 17.8. The highest BCUT2D eigenvalue weighted by Gasteiger charge is 2.23. The molecule has 0 bridgehead atoms. The monoisotopic (exact) mass is 663 g/mol. The number of hydrogen-bond donors (Lipinski definition) is 0. The molecule has 0 N–H and O–H groups in total. The maximum Gasteiger partial charge on any atom is 0.152 e. The lowest BCUT2D eigenvalue weighted by atomic mass is 10.0. The Kier molecular flexibility index (Phi) is 5.47. The molecule has 0 unspecified atom stereocenters. The Labute approximate surface area is 298 Å². The average molecular weight is 664 g/mol. The molecule has 0 radical (unpaired) electrons. The van der Waals surface area contributed by atoms with Crippen LogP contribution in [0.1, 0.15) is 0 Å². The number of ether oxygens (including phenoxy) is 1. The maximum absolute atomic E-state index is 6.34. The second-order valence-corrected chi connectivity index (χ2v) is 13.8. The summed E-state index contributed by atoms with van der Waals surface area (Å²) >= 11 is 0. The van der Waals surface area contributed by atoms with Crippen molar-refractivity contribution in [1.82, 2.24) is 13.7 Å². The third-order valence-electron chi connectivity index (χ3n) is 11.0. The van der Waals surface area contributed by atoms with Gasteiger partial charge in [-0.25, -0.2) is 0 Å². The summed E-state index contributed by atoms with van der Waals surface area (Å²) in [4.78, 5) is 0. The summed E-state index contributed by atoms with van der Waals surface area (Å²) in [6.45, 7) is 0. The summed E-state index contributed by atoms with van der Waals surface area (Å²) in [5.41, 5.74) is 12.9. The lowest BCUT2D eigenvalue weighted by Crippen LogP contribution is -2.03. The number of benzene rings is 8. The number of para-hydroxylation sites is 6. The van der Waals surface area contributed by atoms with E-state index in [0.29, 0.717) is 0 Å². The topological polar surface area (TPSA) is 24.0 Å². The lowest BCUT2D eigenvalue weighted by Gasteiger charge is -2.20. The predicted molar refractivity (Wildman–Crippen MR) is 215 cm³/mol. The molecule has 8 aromatic carbocycles. The van der Waals surface area contributed by atoms with E-state index in [1.54, 1.807) is 0 Å². The van der Waals surface area contributed by atoms with Crippen LogP contribution in [0.4, 0.5) is 0 Å². The number of fused-ring (bicyclic) bond motifs is 11. The SMILES string of the molecule is c1ccc2c(c1)Oc1cccc3c4cc(-c5ccc(-n6c7ccccc7c7cc(-n8c9ccccc9c9ccccc98)ccc76)cc5)ccc4n-2c13. The highest BCUT2D eigenvalue weighted by atomic mass is 16.5. The van der Waals surface area contributed by atoms with Crippen LogP contribution in [-0.4, -0.2) is 13.7 Å². The summed E-state index contributed by atoms with van der Waals surface area (Å²) in [5, 5.41) is 7.45. The second kappa shape index (κ2) is 10.3. The van der Waals surface area contributed by atoms with Crippen molar-refractivity contribution in [1.29, 1.82) is 0 Å². The van der Waals surface area contributed by atoms with Gasteiger partial charge in [-0.3, -0.25) is 0 Å². The molecule has 0 saturated carbocycles. The van der Waals surface area contributed by atoms with Crippen LogP contribution >= 0.6 is 0 Å². The van der Waals surface area contributed by atoms with Crippen LogP contribution in [0.3, 0.4) is 0 Å². The Morgan fingerprint density at radius 3 is 1.56 bits per heavy atom. The first-order valence-corrected chi connectivity index (χ1v) is 17.8. The standard InChI is InChI=1S/C48H29N3O/c1-4-14-40-34(10-1)35-11-2-5-15-41(35)50(40)33-25-27-43-39(29-33)36-12-3-6-16-42(36)49(43)32-23-20-30(21-24-32)31-22-26-44-38(28-31)37-13-9-19-47-48(37)51(44)45-17-7-8-18-46(45)52-47/h1-29H. The Bertz CT molecular complexity index is 3210. The Hall–Kier alpha value is -7.04. The molecule has 4 nitrogen and oxygen atoms in total. The second-order valence-electron chi connectivity index (χ2n) is 13.8. The molecule has 0 saturated heterocycles. The van der Waals surface area contributed by atoms with Crippen LogP contribution in [0, 0.1) is 0 Å². The zero-order chi connectivity index (χ0) is 33.9. The fraction of sp³-hybridized carbons (Fsp3) is 0. The maximum atomic E-state index is 6.34. The number of nitrogens with zero attached hydrogens (tertiary/aromatic N) is 3. The van der Waals surface area contributed by atoms with Gasteiger partial charge in [0.05, 0.1) is 38.8 Å². The molecule has 4 heterocycles. The van der Waals surface area contributed by atoms with E-state index in [4.69, 9.17) is 4.74 Å². The Morgan fingerprint density at radius 2 is 0.808 bits per heavy atom. The molecule has 0 fully saturated rings. The van der Waals surface area contributed by atoms with E-state index in [1.807, 2.05) is 12.1 Å².